The van der Waals surface area contributed by atoms with Gasteiger partial charge in [0.15, 0.2) is 0 Å². The molecular weight excluding hydrogens is 274 g/mol. The van der Waals surface area contributed by atoms with Gasteiger partial charge in [0.25, 0.3) is 5.91 Å². The van der Waals surface area contributed by atoms with E-state index in [9.17, 15) is 22.4 Å². The van der Waals surface area contributed by atoms with Crippen molar-refractivity contribution in [1.29, 1.82) is 0 Å². The lowest BCUT2D eigenvalue weighted by molar-refractivity contribution is -0.137. The fourth-order valence-electron chi connectivity index (χ4n) is 2.07. The van der Waals surface area contributed by atoms with Gasteiger partial charge in [0, 0.05) is 6.54 Å². The SMILES string of the molecule is CCC1(CNC(=O)c2cc(C(F)(F)F)ccc2F)CC1. The van der Waals surface area contributed by atoms with Gasteiger partial charge < -0.3 is 5.32 Å². The number of carbonyl (C=O) groups is 1. The first kappa shape index (κ1) is 14.8. The number of rotatable bonds is 4. The van der Waals surface area contributed by atoms with Gasteiger partial charge in [-0.05, 0) is 42.9 Å². The minimum atomic E-state index is -4.59. The number of carbonyl (C=O) groups excluding carboxylic acids is 1. The van der Waals surface area contributed by atoms with E-state index < -0.39 is 29.0 Å². The molecule has 1 N–H and O–H groups in total. The lowest BCUT2D eigenvalue weighted by Gasteiger charge is -2.14. The third-order valence-electron chi connectivity index (χ3n) is 3.87. The summed E-state index contributed by atoms with van der Waals surface area (Å²) in [6, 6.07) is 1.85. The van der Waals surface area contributed by atoms with Crippen LogP contribution in [0.4, 0.5) is 17.6 Å². The summed E-state index contributed by atoms with van der Waals surface area (Å²) in [6.45, 7) is 2.36. The molecule has 6 heteroatoms. The van der Waals surface area contributed by atoms with Gasteiger partial charge in [0.1, 0.15) is 5.82 Å². The molecule has 0 aliphatic heterocycles. The Morgan fingerprint density at radius 3 is 2.50 bits per heavy atom. The van der Waals surface area contributed by atoms with E-state index in [1.807, 2.05) is 6.92 Å². The smallest absolute Gasteiger partial charge is 0.351 e. The predicted molar refractivity (Wildman–Crippen MR) is 65.7 cm³/mol. The highest BCUT2D eigenvalue weighted by molar-refractivity contribution is 5.94. The Bertz CT molecular complexity index is 520. The zero-order valence-electron chi connectivity index (χ0n) is 11.0. The molecule has 0 aromatic heterocycles. The third-order valence-corrected chi connectivity index (χ3v) is 3.87. The third kappa shape index (κ3) is 3.11. The Hall–Kier alpha value is -1.59. The molecule has 0 heterocycles. The van der Waals surface area contributed by atoms with Gasteiger partial charge in [-0.2, -0.15) is 13.2 Å². The van der Waals surface area contributed by atoms with Gasteiger partial charge in [-0.15, -0.1) is 0 Å². The van der Waals surface area contributed by atoms with Crippen molar-refractivity contribution in [3.05, 3.63) is 35.1 Å². The molecule has 0 unspecified atom stereocenters. The highest BCUT2D eigenvalue weighted by Gasteiger charge is 2.41. The molecule has 20 heavy (non-hydrogen) atoms. The van der Waals surface area contributed by atoms with Gasteiger partial charge in [-0.1, -0.05) is 6.92 Å². The van der Waals surface area contributed by atoms with E-state index in [0.717, 1.165) is 19.3 Å². The molecular formula is C14H15F4NO. The number of halogens is 4. The quantitative estimate of drug-likeness (QED) is 0.840. The molecule has 0 spiro atoms. The Morgan fingerprint density at radius 1 is 1.35 bits per heavy atom. The molecule has 0 radical (unpaired) electrons. The lowest BCUT2D eigenvalue weighted by Crippen LogP contribution is -2.30. The maximum atomic E-state index is 13.5. The number of alkyl halides is 3. The van der Waals surface area contributed by atoms with Crippen LogP contribution in [-0.2, 0) is 6.18 Å². The van der Waals surface area contributed by atoms with E-state index >= 15 is 0 Å². The molecule has 0 saturated heterocycles. The number of hydrogen-bond acceptors (Lipinski definition) is 1. The van der Waals surface area contributed by atoms with Crippen LogP contribution in [0.25, 0.3) is 0 Å². The minimum absolute atomic E-state index is 0.0494. The molecule has 1 fully saturated rings. The van der Waals surface area contributed by atoms with Crippen molar-refractivity contribution in [3.8, 4) is 0 Å². The van der Waals surface area contributed by atoms with Crippen LogP contribution in [0.1, 0.15) is 42.1 Å². The first-order valence-electron chi connectivity index (χ1n) is 6.42. The summed E-state index contributed by atoms with van der Waals surface area (Å²) >= 11 is 0. The molecule has 1 saturated carbocycles. The topological polar surface area (TPSA) is 29.1 Å². The van der Waals surface area contributed by atoms with Crippen molar-refractivity contribution < 1.29 is 22.4 Å². The van der Waals surface area contributed by atoms with Crippen LogP contribution >= 0.6 is 0 Å². The van der Waals surface area contributed by atoms with Crippen molar-refractivity contribution >= 4 is 5.91 Å². The maximum absolute atomic E-state index is 13.5. The Morgan fingerprint density at radius 2 is 2.00 bits per heavy atom. The summed E-state index contributed by atoms with van der Waals surface area (Å²) in [5.74, 6) is -1.75. The van der Waals surface area contributed by atoms with Gasteiger partial charge in [0.05, 0.1) is 11.1 Å². The fraction of sp³-hybridized carbons (Fsp3) is 0.500. The molecule has 2 nitrogen and oxygen atoms in total. The van der Waals surface area contributed by atoms with Crippen molar-refractivity contribution in [3.63, 3.8) is 0 Å². The highest BCUT2D eigenvalue weighted by Crippen LogP contribution is 2.47. The molecule has 0 bridgehead atoms. The second-order valence-electron chi connectivity index (χ2n) is 5.23. The fourth-order valence-corrected chi connectivity index (χ4v) is 2.07. The Labute approximate surface area is 114 Å². The van der Waals surface area contributed by atoms with E-state index in [4.69, 9.17) is 0 Å². The van der Waals surface area contributed by atoms with Crippen LogP contribution < -0.4 is 5.32 Å². The molecule has 1 aromatic rings. The van der Waals surface area contributed by atoms with Crippen LogP contribution in [0.5, 0.6) is 0 Å². The number of amides is 1. The van der Waals surface area contributed by atoms with Crippen LogP contribution in [0.15, 0.2) is 18.2 Å². The summed E-state index contributed by atoms with van der Waals surface area (Å²) in [5, 5.41) is 2.53. The van der Waals surface area contributed by atoms with E-state index in [2.05, 4.69) is 5.32 Å². The summed E-state index contributed by atoms with van der Waals surface area (Å²) in [6.07, 6.45) is -1.74. The Kier molecular flexibility index (Phi) is 3.75. The molecule has 2 rings (SSSR count). The zero-order chi connectivity index (χ0) is 15.0. The molecule has 1 aromatic carbocycles. The molecule has 1 aliphatic rings. The van der Waals surface area contributed by atoms with Gasteiger partial charge in [-0.25, -0.2) is 4.39 Å². The van der Waals surface area contributed by atoms with Crippen LogP contribution in [0.2, 0.25) is 0 Å². The Balaban J connectivity index is 2.13. The standard InChI is InChI=1S/C14H15F4NO/c1-2-13(5-6-13)8-19-12(20)10-7-9(14(16,17)18)3-4-11(10)15/h3-4,7H,2,5-6,8H2,1H3,(H,19,20). The van der Waals surface area contributed by atoms with E-state index in [1.165, 1.54) is 0 Å². The van der Waals surface area contributed by atoms with Gasteiger partial charge in [-0.3, -0.25) is 4.79 Å². The largest absolute Gasteiger partial charge is 0.416 e. The second-order valence-corrected chi connectivity index (χ2v) is 5.23. The minimum Gasteiger partial charge on any atom is -0.351 e. The lowest BCUT2D eigenvalue weighted by atomic mass is 10.0. The van der Waals surface area contributed by atoms with Crippen LogP contribution in [-0.4, -0.2) is 12.5 Å². The van der Waals surface area contributed by atoms with Gasteiger partial charge in [0.2, 0.25) is 0 Å². The second kappa shape index (κ2) is 5.07. The molecule has 1 amide bonds. The van der Waals surface area contributed by atoms with Crippen molar-refractivity contribution in [1.82, 2.24) is 5.32 Å². The average molecular weight is 289 g/mol. The van der Waals surface area contributed by atoms with Crippen molar-refractivity contribution in [2.75, 3.05) is 6.54 Å². The normalized spacial score (nSPS) is 16.9. The predicted octanol–water partition coefficient (Wildman–Crippen LogP) is 3.76. The maximum Gasteiger partial charge on any atom is 0.416 e. The van der Waals surface area contributed by atoms with E-state index in [1.54, 1.807) is 0 Å². The first-order chi connectivity index (χ1) is 9.27. The summed E-state index contributed by atoms with van der Waals surface area (Å²) in [4.78, 5) is 11.8. The number of hydrogen-bond donors (Lipinski definition) is 1. The monoisotopic (exact) mass is 289 g/mol. The number of benzene rings is 1. The van der Waals surface area contributed by atoms with Crippen molar-refractivity contribution in [2.24, 2.45) is 5.41 Å². The van der Waals surface area contributed by atoms with E-state index in [0.29, 0.717) is 24.7 Å². The first-order valence-corrected chi connectivity index (χ1v) is 6.42. The molecule has 1 aliphatic carbocycles. The highest BCUT2D eigenvalue weighted by atomic mass is 19.4. The average Bonchev–Trinajstić information content (AvgIpc) is 3.16. The summed E-state index contributed by atoms with van der Waals surface area (Å²) in [7, 11) is 0. The van der Waals surface area contributed by atoms with Gasteiger partial charge >= 0.3 is 6.18 Å². The van der Waals surface area contributed by atoms with Crippen LogP contribution in [0.3, 0.4) is 0 Å². The van der Waals surface area contributed by atoms with Crippen LogP contribution in [0, 0.1) is 11.2 Å². The van der Waals surface area contributed by atoms with Crippen molar-refractivity contribution in [2.45, 2.75) is 32.4 Å². The number of nitrogens with one attached hydrogen (secondary N) is 1. The molecule has 110 valence electrons. The van der Waals surface area contributed by atoms with E-state index in [-0.39, 0.29) is 5.41 Å². The molecule has 0 atom stereocenters. The summed E-state index contributed by atoms with van der Waals surface area (Å²) < 4.78 is 51.1. The summed E-state index contributed by atoms with van der Waals surface area (Å²) in [5.41, 5.74) is -1.54. The zero-order valence-corrected chi connectivity index (χ0v) is 11.0.